The number of nitrogens with one attached hydrogen (secondary N) is 1. The molecule has 1 aromatic carbocycles. The number of carbonyl (C=O) groups is 1. The van der Waals surface area contributed by atoms with E-state index in [1.807, 2.05) is 0 Å². The smallest absolute Gasteiger partial charge is 0.269 e. The van der Waals surface area contributed by atoms with Crippen molar-refractivity contribution < 1.29 is 23.2 Å². The summed E-state index contributed by atoms with van der Waals surface area (Å²) in [7, 11) is -3.89. The van der Waals surface area contributed by atoms with Gasteiger partial charge in [0.1, 0.15) is 0 Å². The van der Waals surface area contributed by atoms with Crippen LogP contribution in [0.1, 0.15) is 0 Å². The molecule has 0 aliphatic carbocycles. The molecule has 1 atom stereocenters. The Morgan fingerprint density at radius 3 is 2.48 bits per heavy atom. The van der Waals surface area contributed by atoms with Gasteiger partial charge in [0.25, 0.3) is 5.69 Å². The Kier molecular flexibility index (Phi) is 4.21. The summed E-state index contributed by atoms with van der Waals surface area (Å²) in [6.45, 7) is 0.0512. The topological polar surface area (TPSA) is 133 Å². The molecule has 0 saturated carbocycles. The molecule has 1 N–H and O–H groups in total. The molecule has 1 saturated heterocycles. The van der Waals surface area contributed by atoms with Gasteiger partial charge in [-0.2, -0.15) is 4.31 Å². The van der Waals surface area contributed by atoms with Crippen LogP contribution in [0.15, 0.2) is 29.2 Å². The van der Waals surface area contributed by atoms with Gasteiger partial charge in [0, 0.05) is 31.8 Å². The van der Waals surface area contributed by atoms with Crippen LogP contribution in [0, 0.1) is 10.1 Å². The maximum atomic E-state index is 12.4. The van der Waals surface area contributed by atoms with Crippen molar-refractivity contribution in [2.75, 3.05) is 19.6 Å². The van der Waals surface area contributed by atoms with Gasteiger partial charge < -0.3 is 15.2 Å². The first kappa shape index (κ1) is 15.4. The van der Waals surface area contributed by atoms with Crippen molar-refractivity contribution in [1.29, 1.82) is 0 Å². The highest BCUT2D eigenvalue weighted by Crippen LogP contribution is 2.20. The van der Waals surface area contributed by atoms with Crippen molar-refractivity contribution in [2.45, 2.75) is 10.9 Å². The number of piperazine rings is 1. The molecule has 21 heavy (non-hydrogen) atoms. The van der Waals surface area contributed by atoms with Crippen LogP contribution in [0.4, 0.5) is 5.69 Å². The third-order valence-electron chi connectivity index (χ3n) is 3.11. The molecule has 1 aliphatic rings. The van der Waals surface area contributed by atoms with Crippen molar-refractivity contribution in [3.63, 3.8) is 0 Å². The monoisotopic (exact) mass is 314 g/mol. The van der Waals surface area contributed by atoms with Crippen molar-refractivity contribution in [3.8, 4) is 0 Å². The van der Waals surface area contributed by atoms with Gasteiger partial charge in [0.05, 0.1) is 21.8 Å². The standard InChI is InChI=1S/C11H13N3O6S/c15-11(16)10-7-13(6-5-12-10)21(19,20)9-3-1-8(2-4-9)14(17)18/h1-4,10,12H,5-7H2,(H,15,16)/p-1. The predicted molar refractivity (Wildman–Crippen MR) is 68.7 cm³/mol. The quantitative estimate of drug-likeness (QED) is 0.517. The highest BCUT2D eigenvalue weighted by molar-refractivity contribution is 7.89. The maximum Gasteiger partial charge on any atom is 0.269 e. The van der Waals surface area contributed by atoms with Crippen molar-refractivity contribution in [1.82, 2.24) is 9.62 Å². The van der Waals surface area contributed by atoms with E-state index in [-0.39, 0.29) is 30.2 Å². The molecule has 2 rings (SSSR count). The summed E-state index contributed by atoms with van der Waals surface area (Å²) in [6, 6.07) is 3.36. The van der Waals surface area contributed by atoms with E-state index in [2.05, 4.69) is 5.32 Å². The van der Waals surface area contributed by atoms with E-state index >= 15 is 0 Å². The predicted octanol–water partition coefficient (Wildman–Crippen LogP) is -1.69. The van der Waals surface area contributed by atoms with Crippen LogP contribution >= 0.6 is 0 Å². The molecule has 0 spiro atoms. The van der Waals surface area contributed by atoms with Gasteiger partial charge in [-0.05, 0) is 12.1 Å². The average Bonchev–Trinajstić information content (AvgIpc) is 2.47. The molecular formula is C11H12N3O6S-. The third-order valence-corrected chi connectivity index (χ3v) is 4.99. The van der Waals surface area contributed by atoms with Gasteiger partial charge in [0.2, 0.25) is 10.0 Å². The zero-order chi connectivity index (χ0) is 15.6. The summed E-state index contributed by atoms with van der Waals surface area (Å²) in [5.74, 6) is -1.38. The van der Waals surface area contributed by atoms with Crippen molar-refractivity contribution >= 4 is 21.7 Å². The van der Waals surface area contributed by atoms with E-state index in [4.69, 9.17) is 0 Å². The van der Waals surface area contributed by atoms with E-state index in [0.717, 1.165) is 28.6 Å². The molecule has 114 valence electrons. The molecule has 1 aromatic rings. The summed E-state index contributed by atoms with van der Waals surface area (Å²) >= 11 is 0. The Morgan fingerprint density at radius 1 is 1.33 bits per heavy atom. The second-order valence-electron chi connectivity index (χ2n) is 4.44. The van der Waals surface area contributed by atoms with Gasteiger partial charge in [0.15, 0.2) is 0 Å². The molecule has 1 fully saturated rings. The number of nitro benzene ring substituents is 1. The highest BCUT2D eigenvalue weighted by atomic mass is 32.2. The third kappa shape index (κ3) is 3.17. The van der Waals surface area contributed by atoms with Gasteiger partial charge >= 0.3 is 0 Å². The number of hydrogen-bond donors (Lipinski definition) is 1. The second kappa shape index (κ2) is 5.76. The lowest BCUT2D eigenvalue weighted by Gasteiger charge is -2.33. The Balaban J connectivity index is 2.24. The average molecular weight is 314 g/mol. The molecule has 0 bridgehead atoms. The Labute approximate surface area is 120 Å². The first-order valence-electron chi connectivity index (χ1n) is 6.01. The summed E-state index contributed by atoms with van der Waals surface area (Å²) in [5, 5.41) is 24.0. The molecular weight excluding hydrogens is 302 g/mol. The number of nitrogens with zero attached hydrogens (tertiary/aromatic N) is 2. The van der Waals surface area contributed by atoms with E-state index in [1.165, 1.54) is 0 Å². The summed E-state index contributed by atoms with van der Waals surface area (Å²) in [5.41, 5.74) is -0.220. The summed E-state index contributed by atoms with van der Waals surface area (Å²) in [6.07, 6.45) is 0. The molecule has 0 radical (unpaired) electrons. The SMILES string of the molecule is O=C([O-])C1CN(S(=O)(=O)c2ccc([N+](=O)[O-])cc2)CCN1. The number of carboxylic acids is 1. The van der Waals surface area contributed by atoms with E-state index in [9.17, 15) is 28.4 Å². The van der Waals surface area contributed by atoms with Crippen LogP contribution in [-0.4, -0.2) is 49.3 Å². The molecule has 10 heteroatoms. The number of rotatable bonds is 4. The van der Waals surface area contributed by atoms with Gasteiger partial charge in [-0.3, -0.25) is 10.1 Å². The maximum absolute atomic E-state index is 12.4. The minimum Gasteiger partial charge on any atom is -0.548 e. The Bertz CT molecular complexity index is 657. The van der Waals surface area contributed by atoms with Crippen LogP contribution in [-0.2, 0) is 14.8 Å². The first-order chi connectivity index (χ1) is 9.82. The summed E-state index contributed by atoms with van der Waals surface area (Å²) in [4.78, 5) is 20.6. The van der Waals surface area contributed by atoms with Crippen LogP contribution in [0.3, 0.4) is 0 Å². The van der Waals surface area contributed by atoms with Crippen LogP contribution in [0.25, 0.3) is 0 Å². The zero-order valence-electron chi connectivity index (χ0n) is 10.8. The molecule has 1 unspecified atom stereocenters. The second-order valence-corrected chi connectivity index (χ2v) is 6.38. The number of aliphatic carboxylic acids is 1. The van der Waals surface area contributed by atoms with Crippen LogP contribution in [0.2, 0.25) is 0 Å². The number of sulfonamides is 1. The lowest BCUT2D eigenvalue weighted by molar-refractivity contribution is -0.384. The molecule has 0 aromatic heterocycles. The fourth-order valence-corrected chi connectivity index (χ4v) is 3.44. The van der Waals surface area contributed by atoms with E-state index < -0.39 is 27.0 Å². The number of benzene rings is 1. The molecule has 1 aliphatic heterocycles. The number of carboxylic acid groups (broad SMARTS) is 1. The van der Waals surface area contributed by atoms with Crippen molar-refractivity contribution in [2.24, 2.45) is 0 Å². The van der Waals surface area contributed by atoms with Gasteiger partial charge in [-0.15, -0.1) is 0 Å². The lowest BCUT2D eigenvalue weighted by atomic mass is 10.2. The minimum atomic E-state index is -3.89. The first-order valence-corrected chi connectivity index (χ1v) is 7.45. The van der Waals surface area contributed by atoms with Gasteiger partial charge in [-0.25, -0.2) is 8.42 Å². The fourth-order valence-electron chi connectivity index (χ4n) is 1.99. The lowest BCUT2D eigenvalue weighted by Crippen LogP contribution is -2.58. The molecule has 0 amide bonds. The van der Waals surface area contributed by atoms with Crippen molar-refractivity contribution in [3.05, 3.63) is 34.4 Å². The Hall–Kier alpha value is -2.04. The number of carbonyl (C=O) groups excluding carboxylic acids is 1. The molecule has 1 heterocycles. The normalized spacial score (nSPS) is 20.1. The number of nitro groups is 1. The van der Waals surface area contributed by atoms with Crippen LogP contribution < -0.4 is 10.4 Å². The van der Waals surface area contributed by atoms with Crippen LogP contribution in [0.5, 0.6) is 0 Å². The highest BCUT2D eigenvalue weighted by Gasteiger charge is 2.30. The largest absolute Gasteiger partial charge is 0.548 e. The zero-order valence-corrected chi connectivity index (χ0v) is 11.6. The van der Waals surface area contributed by atoms with E-state index in [1.54, 1.807) is 0 Å². The number of hydrogen-bond acceptors (Lipinski definition) is 7. The minimum absolute atomic E-state index is 0.114. The fraction of sp³-hybridized carbons (Fsp3) is 0.364. The Morgan fingerprint density at radius 2 is 1.95 bits per heavy atom. The van der Waals surface area contributed by atoms with E-state index in [0.29, 0.717) is 0 Å². The molecule has 9 nitrogen and oxygen atoms in total. The summed E-state index contributed by atoms with van der Waals surface area (Å²) < 4.78 is 25.7. The van der Waals surface area contributed by atoms with Gasteiger partial charge in [-0.1, -0.05) is 0 Å². The number of non-ortho nitro benzene ring substituents is 1.